The minimum atomic E-state index is -0.214. The number of nitrogens with two attached hydrogens (primary N) is 1. The van der Waals surface area contributed by atoms with Crippen molar-refractivity contribution in [2.75, 3.05) is 5.73 Å². The monoisotopic (exact) mass is 150 g/mol. The second kappa shape index (κ2) is 1.85. The van der Waals surface area contributed by atoms with E-state index in [1.807, 2.05) is 0 Å². The second-order valence-corrected chi connectivity index (χ2v) is 2.21. The molecule has 0 aromatic carbocycles. The SMILES string of the molecule is Nc1nc2c[nH]cc2c(=O)[nH]1. The average molecular weight is 150 g/mol. The maximum Gasteiger partial charge on any atom is 0.261 e. The van der Waals surface area contributed by atoms with E-state index in [0.29, 0.717) is 10.9 Å². The maximum atomic E-state index is 11.1. The molecule has 0 saturated carbocycles. The first-order valence-electron chi connectivity index (χ1n) is 3.09. The van der Waals surface area contributed by atoms with Gasteiger partial charge in [-0.15, -0.1) is 0 Å². The topological polar surface area (TPSA) is 87.6 Å². The minimum Gasteiger partial charge on any atom is -0.369 e. The fourth-order valence-electron chi connectivity index (χ4n) is 0.971. The second-order valence-electron chi connectivity index (χ2n) is 2.21. The predicted molar refractivity (Wildman–Crippen MR) is 41.1 cm³/mol. The Bertz CT molecular complexity index is 441. The highest BCUT2D eigenvalue weighted by Gasteiger charge is 2.00. The molecule has 5 nitrogen and oxygen atoms in total. The molecule has 2 aromatic rings. The molecule has 11 heavy (non-hydrogen) atoms. The molecule has 0 fully saturated rings. The van der Waals surface area contributed by atoms with Crippen LogP contribution in [0.4, 0.5) is 5.95 Å². The molecule has 0 spiro atoms. The first-order valence-corrected chi connectivity index (χ1v) is 3.09. The van der Waals surface area contributed by atoms with Gasteiger partial charge in [0.2, 0.25) is 5.95 Å². The molecule has 4 N–H and O–H groups in total. The number of hydrogen-bond acceptors (Lipinski definition) is 3. The third-order valence-electron chi connectivity index (χ3n) is 1.45. The molecule has 2 heterocycles. The molecular weight excluding hydrogens is 144 g/mol. The highest BCUT2D eigenvalue weighted by Crippen LogP contribution is 2.03. The van der Waals surface area contributed by atoms with Crippen molar-refractivity contribution in [1.82, 2.24) is 15.0 Å². The molecule has 0 saturated heterocycles. The summed E-state index contributed by atoms with van der Waals surface area (Å²) < 4.78 is 0. The van der Waals surface area contributed by atoms with E-state index in [4.69, 9.17) is 5.73 Å². The van der Waals surface area contributed by atoms with Crippen molar-refractivity contribution < 1.29 is 0 Å². The van der Waals surface area contributed by atoms with Crippen LogP contribution in [0.25, 0.3) is 10.9 Å². The standard InChI is InChI=1S/C6H6N4O/c7-6-9-4-2-8-1-3(4)5(11)10-6/h1-2,8H,(H3,7,9,10,11). The van der Waals surface area contributed by atoms with E-state index >= 15 is 0 Å². The smallest absolute Gasteiger partial charge is 0.261 e. The van der Waals surface area contributed by atoms with Crippen LogP contribution in [0.3, 0.4) is 0 Å². The first kappa shape index (κ1) is 5.96. The van der Waals surface area contributed by atoms with Gasteiger partial charge >= 0.3 is 0 Å². The van der Waals surface area contributed by atoms with Gasteiger partial charge in [-0.3, -0.25) is 9.78 Å². The lowest BCUT2D eigenvalue weighted by molar-refractivity contribution is 1.19. The van der Waals surface area contributed by atoms with Crippen molar-refractivity contribution in [1.29, 1.82) is 0 Å². The zero-order valence-electron chi connectivity index (χ0n) is 5.59. The third kappa shape index (κ3) is 0.778. The molecule has 0 aliphatic rings. The largest absolute Gasteiger partial charge is 0.369 e. The third-order valence-corrected chi connectivity index (χ3v) is 1.45. The van der Waals surface area contributed by atoms with Crippen LogP contribution < -0.4 is 11.3 Å². The first-order chi connectivity index (χ1) is 5.27. The summed E-state index contributed by atoms with van der Waals surface area (Å²) in [7, 11) is 0. The fourth-order valence-corrected chi connectivity index (χ4v) is 0.971. The fraction of sp³-hybridized carbons (Fsp3) is 0. The Morgan fingerprint density at radius 2 is 2.27 bits per heavy atom. The van der Waals surface area contributed by atoms with Crippen molar-refractivity contribution in [3.63, 3.8) is 0 Å². The number of hydrogen-bond donors (Lipinski definition) is 3. The predicted octanol–water partition coefficient (Wildman–Crippen LogP) is -0.167. The van der Waals surface area contributed by atoms with Crippen LogP contribution >= 0.6 is 0 Å². The number of fused-ring (bicyclic) bond motifs is 1. The number of aromatic nitrogens is 3. The minimum absolute atomic E-state index is 0.141. The number of nitrogens with one attached hydrogen (secondary N) is 2. The van der Waals surface area contributed by atoms with E-state index in [0.717, 1.165) is 0 Å². The summed E-state index contributed by atoms with van der Waals surface area (Å²) in [5.74, 6) is 0.141. The number of nitrogens with zero attached hydrogens (tertiary/aromatic N) is 1. The lowest BCUT2D eigenvalue weighted by atomic mass is 10.4. The summed E-state index contributed by atoms with van der Waals surface area (Å²) in [5.41, 5.74) is 5.68. The maximum absolute atomic E-state index is 11.1. The Morgan fingerprint density at radius 1 is 1.45 bits per heavy atom. The van der Waals surface area contributed by atoms with Gasteiger partial charge in [-0.05, 0) is 0 Å². The van der Waals surface area contributed by atoms with E-state index in [-0.39, 0.29) is 11.5 Å². The molecule has 0 atom stereocenters. The zero-order chi connectivity index (χ0) is 7.84. The molecular formula is C6H6N4O. The van der Waals surface area contributed by atoms with Crippen molar-refractivity contribution >= 4 is 16.9 Å². The van der Waals surface area contributed by atoms with Gasteiger partial charge in [0.25, 0.3) is 5.56 Å². The Labute approximate surface area is 61.3 Å². The Hall–Kier alpha value is -1.78. The highest BCUT2D eigenvalue weighted by molar-refractivity contribution is 5.77. The molecule has 0 radical (unpaired) electrons. The molecule has 0 amide bonds. The van der Waals surface area contributed by atoms with Gasteiger partial charge in [0.05, 0.1) is 10.9 Å². The molecule has 5 heteroatoms. The number of anilines is 1. The van der Waals surface area contributed by atoms with Crippen molar-refractivity contribution in [2.24, 2.45) is 0 Å². The molecule has 2 aromatic heterocycles. The Morgan fingerprint density at radius 3 is 3.09 bits per heavy atom. The van der Waals surface area contributed by atoms with Gasteiger partial charge in [0, 0.05) is 12.4 Å². The number of rotatable bonds is 0. The van der Waals surface area contributed by atoms with Crippen molar-refractivity contribution in [2.45, 2.75) is 0 Å². The van der Waals surface area contributed by atoms with Crippen LogP contribution in [-0.4, -0.2) is 15.0 Å². The molecule has 0 aliphatic heterocycles. The van der Waals surface area contributed by atoms with E-state index in [2.05, 4.69) is 15.0 Å². The number of nitrogen functional groups attached to an aromatic ring is 1. The summed E-state index contributed by atoms with van der Waals surface area (Å²) in [5, 5.41) is 0.527. The molecule has 56 valence electrons. The summed E-state index contributed by atoms with van der Waals surface area (Å²) in [6.07, 6.45) is 3.21. The van der Waals surface area contributed by atoms with Gasteiger partial charge in [0.15, 0.2) is 0 Å². The Kier molecular flexibility index (Phi) is 1.00. The van der Waals surface area contributed by atoms with Gasteiger partial charge in [-0.2, -0.15) is 0 Å². The van der Waals surface area contributed by atoms with Crippen LogP contribution in [-0.2, 0) is 0 Å². The van der Waals surface area contributed by atoms with Gasteiger partial charge in [-0.25, -0.2) is 4.98 Å². The summed E-state index contributed by atoms with van der Waals surface area (Å²) in [4.78, 5) is 20.1. The van der Waals surface area contributed by atoms with Crippen LogP contribution in [0.1, 0.15) is 0 Å². The van der Waals surface area contributed by atoms with E-state index in [1.165, 1.54) is 0 Å². The molecule has 2 rings (SSSR count). The summed E-state index contributed by atoms with van der Waals surface area (Å²) in [6.45, 7) is 0. The van der Waals surface area contributed by atoms with Gasteiger partial charge in [-0.1, -0.05) is 0 Å². The Balaban J connectivity index is 3.02. The molecule has 0 aliphatic carbocycles. The summed E-state index contributed by atoms with van der Waals surface area (Å²) >= 11 is 0. The average Bonchev–Trinajstić information content (AvgIpc) is 2.34. The van der Waals surface area contributed by atoms with Crippen molar-refractivity contribution in [3.05, 3.63) is 22.7 Å². The summed E-state index contributed by atoms with van der Waals surface area (Å²) in [6, 6.07) is 0. The highest BCUT2D eigenvalue weighted by atomic mass is 16.1. The van der Waals surface area contributed by atoms with Crippen LogP contribution in [0.5, 0.6) is 0 Å². The van der Waals surface area contributed by atoms with Crippen LogP contribution in [0.2, 0.25) is 0 Å². The van der Waals surface area contributed by atoms with E-state index in [9.17, 15) is 4.79 Å². The zero-order valence-corrected chi connectivity index (χ0v) is 5.59. The van der Waals surface area contributed by atoms with E-state index < -0.39 is 0 Å². The lowest BCUT2D eigenvalue weighted by Crippen LogP contribution is -2.09. The lowest BCUT2D eigenvalue weighted by Gasteiger charge is -1.90. The van der Waals surface area contributed by atoms with Crippen LogP contribution in [0.15, 0.2) is 17.2 Å². The van der Waals surface area contributed by atoms with E-state index in [1.54, 1.807) is 12.4 Å². The van der Waals surface area contributed by atoms with Gasteiger partial charge < -0.3 is 10.7 Å². The quantitative estimate of drug-likeness (QED) is 0.487. The van der Waals surface area contributed by atoms with Crippen LogP contribution in [0, 0.1) is 0 Å². The number of H-pyrrole nitrogens is 2. The van der Waals surface area contributed by atoms with Crippen molar-refractivity contribution in [3.8, 4) is 0 Å². The number of aromatic amines is 2. The molecule has 0 bridgehead atoms. The molecule has 0 unspecified atom stereocenters. The van der Waals surface area contributed by atoms with Gasteiger partial charge in [0.1, 0.15) is 0 Å². The normalized spacial score (nSPS) is 10.5.